The molecule has 0 saturated carbocycles. The van der Waals surface area contributed by atoms with Crippen LogP contribution in [0, 0.1) is 19.8 Å². The maximum atomic E-state index is 11.9. The van der Waals surface area contributed by atoms with Crippen LogP contribution in [0.4, 0.5) is 0 Å². The Hall–Kier alpha value is -1.40. The average Bonchev–Trinajstić information content (AvgIpc) is 2.30. The van der Waals surface area contributed by atoms with Crippen LogP contribution in [-0.4, -0.2) is 21.0 Å². The summed E-state index contributed by atoms with van der Waals surface area (Å²) in [6.45, 7) is 7.76. The van der Waals surface area contributed by atoms with Crippen LogP contribution in [0.5, 0.6) is 0 Å². The molecule has 2 N–H and O–H groups in total. The molecule has 0 unspecified atom stereocenters. The number of hydrogen-bond acceptors (Lipinski definition) is 4. The van der Waals surface area contributed by atoms with Gasteiger partial charge in [-0.2, -0.15) is 0 Å². The lowest BCUT2D eigenvalue weighted by atomic mass is 10.1. The number of carbonyl (C=O) groups excluding carboxylic acids is 1. The van der Waals surface area contributed by atoms with Gasteiger partial charge in [0.2, 0.25) is 10.0 Å². The van der Waals surface area contributed by atoms with Crippen LogP contribution in [0.2, 0.25) is 0 Å². The van der Waals surface area contributed by atoms with Crippen molar-refractivity contribution < 1.29 is 17.9 Å². The Bertz CT molecular complexity index is 606. The van der Waals surface area contributed by atoms with Gasteiger partial charge in [-0.1, -0.05) is 13.8 Å². The van der Waals surface area contributed by atoms with E-state index < -0.39 is 16.0 Å². The molecule has 0 aliphatic rings. The third kappa shape index (κ3) is 4.31. The first-order valence-electron chi connectivity index (χ1n) is 6.44. The van der Waals surface area contributed by atoms with Gasteiger partial charge in [0.15, 0.2) is 0 Å². The Morgan fingerprint density at radius 2 is 1.90 bits per heavy atom. The molecule has 0 amide bonds. The molecule has 0 aliphatic carbocycles. The number of primary sulfonamides is 1. The van der Waals surface area contributed by atoms with Gasteiger partial charge >= 0.3 is 5.97 Å². The van der Waals surface area contributed by atoms with Gasteiger partial charge in [0.25, 0.3) is 0 Å². The van der Waals surface area contributed by atoms with Gasteiger partial charge in [0, 0.05) is 0 Å². The molecule has 0 heterocycles. The molecule has 0 atom stereocenters. The van der Waals surface area contributed by atoms with Crippen LogP contribution >= 0.6 is 0 Å². The number of rotatable bonds is 5. The van der Waals surface area contributed by atoms with Crippen LogP contribution in [0.3, 0.4) is 0 Å². The van der Waals surface area contributed by atoms with Crippen LogP contribution in [0.25, 0.3) is 0 Å². The maximum absolute atomic E-state index is 11.9. The first kappa shape index (κ1) is 16.7. The standard InChI is InChI=1S/C14H21NO4S/c1-9(2)5-6-19-14(16)12-7-10(3)11(4)13(8-12)20(15,17)18/h7-9H,5-6H2,1-4H3,(H2,15,17,18). The van der Waals surface area contributed by atoms with Gasteiger partial charge in [0.1, 0.15) is 0 Å². The Morgan fingerprint density at radius 1 is 1.30 bits per heavy atom. The van der Waals surface area contributed by atoms with E-state index in [1.54, 1.807) is 19.9 Å². The molecule has 0 spiro atoms. The molecule has 0 aliphatic heterocycles. The Morgan fingerprint density at radius 3 is 2.40 bits per heavy atom. The number of esters is 1. The summed E-state index contributed by atoms with van der Waals surface area (Å²) in [6.07, 6.45) is 0.763. The first-order chi connectivity index (χ1) is 9.12. The largest absolute Gasteiger partial charge is 0.462 e. The number of carbonyl (C=O) groups is 1. The Kier molecular flexibility index (Phi) is 5.30. The number of benzene rings is 1. The molecule has 1 aromatic carbocycles. The lowest BCUT2D eigenvalue weighted by Crippen LogP contribution is -2.16. The zero-order valence-electron chi connectivity index (χ0n) is 12.3. The topological polar surface area (TPSA) is 86.5 Å². The van der Waals surface area contributed by atoms with Gasteiger partial charge in [0.05, 0.1) is 17.1 Å². The molecule has 20 heavy (non-hydrogen) atoms. The van der Waals surface area contributed by atoms with Crippen molar-refractivity contribution in [3.8, 4) is 0 Å². The molecule has 5 nitrogen and oxygen atoms in total. The summed E-state index contributed by atoms with van der Waals surface area (Å²) in [7, 11) is -3.85. The average molecular weight is 299 g/mol. The minimum absolute atomic E-state index is 0.0340. The third-order valence-electron chi connectivity index (χ3n) is 3.09. The fourth-order valence-electron chi connectivity index (χ4n) is 1.71. The highest BCUT2D eigenvalue weighted by Crippen LogP contribution is 2.20. The van der Waals surface area contributed by atoms with Crippen LogP contribution in [-0.2, 0) is 14.8 Å². The van der Waals surface area contributed by atoms with Crippen molar-refractivity contribution in [3.63, 3.8) is 0 Å². The van der Waals surface area contributed by atoms with Gasteiger partial charge in [-0.05, 0) is 49.4 Å². The van der Waals surface area contributed by atoms with Crippen molar-refractivity contribution in [2.45, 2.75) is 39.0 Å². The van der Waals surface area contributed by atoms with Crippen LogP contribution in [0.1, 0.15) is 41.8 Å². The van der Waals surface area contributed by atoms with Crippen molar-refractivity contribution >= 4 is 16.0 Å². The molecule has 6 heteroatoms. The smallest absolute Gasteiger partial charge is 0.338 e. The summed E-state index contributed by atoms with van der Waals surface area (Å²) in [6, 6.07) is 2.89. The molecule has 112 valence electrons. The van der Waals surface area contributed by atoms with Crippen LogP contribution in [0.15, 0.2) is 17.0 Å². The molecular weight excluding hydrogens is 278 g/mol. The normalized spacial score (nSPS) is 11.7. The van der Waals surface area contributed by atoms with E-state index in [2.05, 4.69) is 0 Å². The minimum Gasteiger partial charge on any atom is -0.462 e. The van der Waals surface area contributed by atoms with E-state index in [9.17, 15) is 13.2 Å². The van der Waals surface area contributed by atoms with Crippen molar-refractivity contribution in [1.29, 1.82) is 0 Å². The summed E-state index contributed by atoms with van der Waals surface area (Å²) in [5.41, 5.74) is 1.44. The monoisotopic (exact) mass is 299 g/mol. The second kappa shape index (κ2) is 6.37. The van der Waals surface area contributed by atoms with E-state index in [-0.39, 0.29) is 10.5 Å². The van der Waals surface area contributed by atoms with Gasteiger partial charge < -0.3 is 4.74 Å². The zero-order valence-corrected chi connectivity index (χ0v) is 13.1. The van der Waals surface area contributed by atoms with Crippen molar-refractivity contribution in [2.24, 2.45) is 11.1 Å². The van der Waals surface area contributed by atoms with E-state index >= 15 is 0 Å². The Labute approximate surface area is 120 Å². The summed E-state index contributed by atoms with van der Waals surface area (Å²) < 4.78 is 28.1. The molecule has 0 bridgehead atoms. The molecule has 1 aromatic rings. The highest BCUT2D eigenvalue weighted by atomic mass is 32.2. The highest BCUT2D eigenvalue weighted by Gasteiger charge is 2.18. The number of aryl methyl sites for hydroxylation is 1. The lowest BCUT2D eigenvalue weighted by molar-refractivity contribution is 0.0487. The molecule has 1 rings (SSSR count). The molecule has 0 fully saturated rings. The van der Waals surface area contributed by atoms with Crippen molar-refractivity contribution in [3.05, 3.63) is 28.8 Å². The number of hydrogen-bond donors (Lipinski definition) is 1. The lowest BCUT2D eigenvalue weighted by Gasteiger charge is -2.11. The first-order valence-corrected chi connectivity index (χ1v) is 7.98. The summed E-state index contributed by atoms with van der Waals surface area (Å²) in [5, 5.41) is 5.16. The van der Waals surface area contributed by atoms with Crippen LogP contribution < -0.4 is 5.14 Å². The zero-order chi connectivity index (χ0) is 15.5. The fourth-order valence-corrected chi connectivity index (χ4v) is 2.59. The SMILES string of the molecule is Cc1cc(C(=O)OCCC(C)C)cc(S(N)(=O)=O)c1C. The molecular formula is C14H21NO4S. The number of nitrogens with two attached hydrogens (primary N) is 1. The minimum atomic E-state index is -3.85. The van der Waals surface area contributed by atoms with E-state index in [1.165, 1.54) is 6.07 Å². The molecule has 0 aromatic heterocycles. The summed E-state index contributed by atoms with van der Waals surface area (Å²) in [4.78, 5) is 11.9. The van der Waals surface area contributed by atoms with E-state index in [4.69, 9.17) is 9.88 Å². The highest BCUT2D eigenvalue weighted by molar-refractivity contribution is 7.89. The van der Waals surface area contributed by atoms with Crippen molar-refractivity contribution in [2.75, 3.05) is 6.61 Å². The molecule has 0 radical (unpaired) electrons. The van der Waals surface area contributed by atoms with Crippen molar-refractivity contribution in [1.82, 2.24) is 0 Å². The quantitative estimate of drug-likeness (QED) is 0.844. The second-order valence-corrected chi connectivity index (χ2v) is 6.81. The number of ether oxygens (including phenoxy) is 1. The summed E-state index contributed by atoms with van der Waals surface area (Å²) in [5.74, 6) is -0.0961. The second-order valence-electron chi connectivity index (χ2n) is 5.28. The van der Waals surface area contributed by atoms with Gasteiger partial charge in [-0.25, -0.2) is 18.4 Å². The van der Waals surface area contributed by atoms with E-state index in [0.717, 1.165) is 6.42 Å². The predicted octanol–water partition coefficient (Wildman–Crippen LogP) is 2.15. The third-order valence-corrected chi connectivity index (χ3v) is 4.13. The molecule has 0 saturated heterocycles. The summed E-state index contributed by atoms with van der Waals surface area (Å²) >= 11 is 0. The maximum Gasteiger partial charge on any atom is 0.338 e. The van der Waals surface area contributed by atoms with Gasteiger partial charge in [-0.3, -0.25) is 0 Å². The fraction of sp³-hybridized carbons (Fsp3) is 0.500. The Balaban J connectivity index is 3.03. The predicted molar refractivity (Wildman–Crippen MR) is 77.0 cm³/mol. The number of sulfonamides is 1. The van der Waals surface area contributed by atoms with E-state index in [0.29, 0.717) is 23.7 Å². The van der Waals surface area contributed by atoms with Gasteiger partial charge in [-0.15, -0.1) is 0 Å². The van der Waals surface area contributed by atoms with E-state index in [1.807, 2.05) is 13.8 Å².